The molecule has 1 atom stereocenters. The Labute approximate surface area is 125 Å². The summed E-state index contributed by atoms with van der Waals surface area (Å²) in [5.74, 6) is -1.02. The van der Waals surface area contributed by atoms with Crippen LogP contribution in [0, 0.1) is 0 Å². The van der Waals surface area contributed by atoms with E-state index in [9.17, 15) is 14.7 Å². The minimum Gasteiger partial charge on any atom is -0.480 e. The van der Waals surface area contributed by atoms with E-state index in [0.717, 1.165) is 0 Å². The van der Waals surface area contributed by atoms with Gasteiger partial charge in [-0.05, 0) is 18.2 Å². The highest BCUT2D eigenvalue weighted by Crippen LogP contribution is 2.13. The van der Waals surface area contributed by atoms with Crippen molar-refractivity contribution >= 4 is 11.9 Å². The molecular weight excluding hydrogens is 288 g/mol. The zero-order valence-corrected chi connectivity index (χ0v) is 11.6. The molecule has 1 fully saturated rings. The van der Waals surface area contributed by atoms with E-state index in [1.54, 1.807) is 36.7 Å². The van der Waals surface area contributed by atoms with E-state index in [1.165, 1.54) is 9.58 Å². The second-order valence-electron chi connectivity index (χ2n) is 4.76. The van der Waals surface area contributed by atoms with Crippen LogP contribution in [0.4, 0.5) is 0 Å². The number of carbonyl (C=O) groups is 2. The van der Waals surface area contributed by atoms with Gasteiger partial charge >= 0.3 is 5.97 Å². The third-order valence-corrected chi connectivity index (χ3v) is 3.37. The molecule has 0 radical (unpaired) electrons. The van der Waals surface area contributed by atoms with Gasteiger partial charge in [-0.3, -0.25) is 4.79 Å². The molecule has 114 valence electrons. The predicted octanol–water partition coefficient (Wildman–Crippen LogP) is 0.193. The van der Waals surface area contributed by atoms with Gasteiger partial charge in [0.15, 0.2) is 11.9 Å². The van der Waals surface area contributed by atoms with E-state index in [4.69, 9.17) is 4.74 Å². The number of morpholine rings is 1. The fourth-order valence-corrected chi connectivity index (χ4v) is 2.27. The quantitative estimate of drug-likeness (QED) is 0.869. The molecule has 1 aliphatic heterocycles. The average molecular weight is 302 g/mol. The summed E-state index contributed by atoms with van der Waals surface area (Å²) in [5.41, 5.74) is 0.182. The molecule has 1 N–H and O–H groups in total. The number of amides is 1. The van der Waals surface area contributed by atoms with Gasteiger partial charge in [0, 0.05) is 18.9 Å². The molecule has 0 saturated carbocycles. The largest absolute Gasteiger partial charge is 0.480 e. The number of aliphatic carboxylic acids is 1. The lowest BCUT2D eigenvalue weighted by molar-refractivity contribution is -0.147. The lowest BCUT2D eigenvalue weighted by Crippen LogP contribution is -2.52. The SMILES string of the molecule is O=C(O)C1COCCN1C(=O)c1cccc(-n2cccn2)n1. The van der Waals surface area contributed by atoms with E-state index in [2.05, 4.69) is 10.1 Å². The van der Waals surface area contributed by atoms with Gasteiger partial charge in [-0.15, -0.1) is 0 Å². The molecule has 22 heavy (non-hydrogen) atoms. The number of rotatable bonds is 3. The molecule has 1 aliphatic rings. The van der Waals surface area contributed by atoms with Crippen molar-refractivity contribution in [2.45, 2.75) is 6.04 Å². The van der Waals surface area contributed by atoms with Gasteiger partial charge in [-0.25, -0.2) is 14.5 Å². The van der Waals surface area contributed by atoms with Crippen LogP contribution in [0.25, 0.3) is 5.82 Å². The second-order valence-corrected chi connectivity index (χ2v) is 4.76. The number of hydrogen-bond acceptors (Lipinski definition) is 5. The van der Waals surface area contributed by atoms with E-state index in [-0.39, 0.29) is 18.8 Å². The summed E-state index contributed by atoms with van der Waals surface area (Å²) < 4.78 is 6.67. The van der Waals surface area contributed by atoms with E-state index < -0.39 is 17.9 Å². The molecule has 0 spiro atoms. The fraction of sp³-hybridized carbons (Fsp3) is 0.286. The predicted molar refractivity (Wildman–Crippen MR) is 74.6 cm³/mol. The van der Waals surface area contributed by atoms with Crippen molar-refractivity contribution in [1.29, 1.82) is 0 Å². The average Bonchev–Trinajstić information content (AvgIpc) is 3.09. The van der Waals surface area contributed by atoms with Gasteiger partial charge in [0.1, 0.15) is 5.69 Å². The smallest absolute Gasteiger partial charge is 0.328 e. The Morgan fingerprint density at radius 3 is 2.91 bits per heavy atom. The first-order chi connectivity index (χ1) is 10.7. The molecule has 1 saturated heterocycles. The highest BCUT2D eigenvalue weighted by atomic mass is 16.5. The first kappa shape index (κ1) is 14.2. The summed E-state index contributed by atoms with van der Waals surface area (Å²) >= 11 is 0. The van der Waals surface area contributed by atoms with Crippen LogP contribution < -0.4 is 0 Å². The molecule has 3 rings (SSSR count). The number of carbonyl (C=O) groups excluding carboxylic acids is 1. The van der Waals surface area contributed by atoms with Gasteiger partial charge in [-0.2, -0.15) is 5.10 Å². The molecule has 1 amide bonds. The Balaban J connectivity index is 1.88. The fourth-order valence-electron chi connectivity index (χ4n) is 2.27. The standard InChI is InChI=1S/C14H14N4O4/c19-13(17-7-8-22-9-11(17)14(20)21)10-3-1-4-12(16-10)18-6-2-5-15-18/h1-6,11H,7-9H2,(H,20,21). The van der Waals surface area contributed by atoms with Gasteiger partial charge < -0.3 is 14.7 Å². The summed E-state index contributed by atoms with van der Waals surface area (Å²) in [7, 11) is 0. The zero-order chi connectivity index (χ0) is 15.5. The van der Waals surface area contributed by atoms with E-state index in [0.29, 0.717) is 12.4 Å². The maximum atomic E-state index is 12.6. The van der Waals surface area contributed by atoms with Crippen molar-refractivity contribution in [3.63, 3.8) is 0 Å². The third kappa shape index (κ3) is 2.68. The molecule has 8 heteroatoms. The van der Waals surface area contributed by atoms with Crippen molar-refractivity contribution in [2.75, 3.05) is 19.8 Å². The molecule has 1 unspecified atom stereocenters. The lowest BCUT2D eigenvalue weighted by atomic mass is 10.2. The summed E-state index contributed by atoms with van der Waals surface area (Å²) in [6.07, 6.45) is 3.32. The van der Waals surface area contributed by atoms with E-state index in [1.807, 2.05) is 0 Å². The van der Waals surface area contributed by atoms with Crippen molar-refractivity contribution in [1.82, 2.24) is 19.7 Å². The summed E-state index contributed by atoms with van der Waals surface area (Å²) in [6, 6.07) is 5.73. The van der Waals surface area contributed by atoms with Crippen LogP contribution in [0.15, 0.2) is 36.7 Å². The first-order valence-electron chi connectivity index (χ1n) is 6.75. The van der Waals surface area contributed by atoms with Crippen LogP contribution in [-0.4, -0.2) is 62.4 Å². The topological polar surface area (TPSA) is 97.6 Å². The number of pyridine rings is 1. The number of carboxylic acid groups (broad SMARTS) is 1. The molecule has 0 aromatic carbocycles. The molecular formula is C14H14N4O4. The monoisotopic (exact) mass is 302 g/mol. The van der Waals surface area contributed by atoms with Crippen LogP contribution in [0.1, 0.15) is 10.5 Å². The number of aromatic nitrogens is 3. The normalized spacial score (nSPS) is 18.2. The summed E-state index contributed by atoms with van der Waals surface area (Å²) in [6.45, 7) is 0.526. The van der Waals surface area contributed by atoms with Crippen LogP contribution in [0.3, 0.4) is 0 Å². The van der Waals surface area contributed by atoms with Crippen molar-refractivity contribution in [2.24, 2.45) is 0 Å². The number of hydrogen-bond donors (Lipinski definition) is 1. The van der Waals surface area contributed by atoms with E-state index >= 15 is 0 Å². The highest BCUT2D eigenvalue weighted by Gasteiger charge is 2.33. The van der Waals surface area contributed by atoms with Gasteiger partial charge in [-0.1, -0.05) is 6.07 Å². The maximum absolute atomic E-state index is 12.6. The Morgan fingerprint density at radius 2 is 2.18 bits per heavy atom. The molecule has 2 aromatic rings. The van der Waals surface area contributed by atoms with Gasteiger partial charge in [0.2, 0.25) is 0 Å². The van der Waals surface area contributed by atoms with Gasteiger partial charge in [0.25, 0.3) is 5.91 Å². The zero-order valence-electron chi connectivity index (χ0n) is 11.6. The van der Waals surface area contributed by atoms with Crippen molar-refractivity contribution in [3.05, 3.63) is 42.4 Å². The summed E-state index contributed by atoms with van der Waals surface area (Å²) in [5, 5.41) is 13.3. The van der Waals surface area contributed by atoms with Crippen LogP contribution in [0.5, 0.6) is 0 Å². The van der Waals surface area contributed by atoms with Crippen LogP contribution >= 0.6 is 0 Å². The Kier molecular flexibility index (Phi) is 3.84. The maximum Gasteiger partial charge on any atom is 0.328 e. The molecule has 0 bridgehead atoms. The molecule has 2 aromatic heterocycles. The second kappa shape index (κ2) is 5.94. The highest BCUT2D eigenvalue weighted by molar-refractivity contribution is 5.95. The molecule has 0 aliphatic carbocycles. The number of carboxylic acids is 1. The first-order valence-corrected chi connectivity index (χ1v) is 6.75. The lowest BCUT2D eigenvalue weighted by Gasteiger charge is -2.32. The minimum absolute atomic E-state index is 0.0140. The third-order valence-electron chi connectivity index (χ3n) is 3.37. The summed E-state index contributed by atoms with van der Waals surface area (Å²) in [4.78, 5) is 29.3. The number of nitrogens with zero attached hydrogens (tertiary/aromatic N) is 4. The van der Waals surface area contributed by atoms with Crippen LogP contribution in [0.2, 0.25) is 0 Å². The van der Waals surface area contributed by atoms with Gasteiger partial charge in [0.05, 0.1) is 13.2 Å². The molecule has 3 heterocycles. The Hall–Kier alpha value is -2.74. The number of ether oxygens (including phenoxy) is 1. The minimum atomic E-state index is -1.09. The Morgan fingerprint density at radius 1 is 1.32 bits per heavy atom. The van der Waals surface area contributed by atoms with Crippen molar-refractivity contribution < 1.29 is 19.4 Å². The van der Waals surface area contributed by atoms with Crippen LogP contribution in [-0.2, 0) is 9.53 Å². The molecule has 8 nitrogen and oxygen atoms in total. The van der Waals surface area contributed by atoms with Crippen molar-refractivity contribution in [3.8, 4) is 5.82 Å². The Bertz CT molecular complexity index is 686.